The molecule has 0 bridgehead atoms. The molecule has 0 amide bonds. The summed E-state index contributed by atoms with van der Waals surface area (Å²) in [6.07, 6.45) is 6.78. The van der Waals surface area contributed by atoms with E-state index in [0.29, 0.717) is 12.4 Å². The maximum absolute atomic E-state index is 14.2. The quantitative estimate of drug-likeness (QED) is 0.221. The molecule has 0 aliphatic rings. The first-order valence-electron chi connectivity index (χ1n) is 14.4. The number of aromatic nitrogens is 7. The lowest BCUT2D eigenvalue weighted by Crippen LogP contribution is -2.27. The van der Waals surface area contributed by atoms with Crippen molar-refractivity contribution in [3.8, 4) is 28.3 Å². The largest absolute Gasteiger partial charge is 0.333 e. The van der Waals surface area contributed by atoms with E-state index in [2.05, 4.69) is 104 Å². The number of unbranched alkanes of at least 4 members (excludes halogenated alkanes) is 1. The van der Waals surface area contributed by atoms with Crippen LogP contribution < -0.4 is 5.69 Å². The average Bonchev–Trinajstić information content (AvgIpc) is 3.60. The normalized spacial score (nSPS) is 11.9. The average molecular weight is 550 g/mol. The first-order chi connectivity index (χ1) is 19.7. The van der Waals surface area contributed by atoms with Gasteiger partial charge in [0.15, 0.2) is 0 Å². The number of benzene rings is 2. The van der Waals surface area contributed by atoms with Crippen LogP contribution in [0.3, 0.4) is 0 Å². The zero-order valence-corrected chi connectivity index (χ0v) is 24.8. The second kappa shape index (κ2) is 11.6. The lowest BCUT2D eigenvalue weighted by Gasteiger charge is -2.26. The van der Waals surface area contributed by atoms with Gasteiger partial charge in [0.25, 0.3) is 0 Å². The fourth-order valence-electron chi connectivity index (χ4n) is 5.36. The molecule has 212 valence electrons. The molecule has 0 fully saturated rings. The summed E-state index contributed by atoms with van der Waals surface area (Å²) in [6, 6.07) is 18.5. The molecule has 0 aliphatic carbocycles. The van der Waals surface area contributed by atoms with Gasteiger partial charge in [-0.05, 0) is 58.2 Å². The second-order valence-electron chi connectivity index (χ2n) is 11.9. The maximum Gasteiger partial charge on any atom is 0.333 e. The number of hydrogen-bond acceptors (Lipinski definition) is 5. The molecule has 0 radical (unpaired) electrons. The second-order valence-corrected chi connectivity index (χ2v) is 11.9. The smallest absolute Gasteiger partial charge is 0.292 e. The van der Waals surface area contributed by atoms with Crippen molar-refractivity contribution < 1.29 is 0 Å². The monoisotopic (exact) mass is 549 g/mol. The summed E-state index contributed by atoms with van der Waals surface area (Å²) in [6.45, 7) is 13.7. The molecule has 8 heteroatoms. The van der Waals surface area contributed by atoms with E-state index >= 15 is 0 Å². The van der Waals surface area contributed by atoms with Gasteiger partial charge in [0.05, 0.1) is 17.9 Å². The third-order valence-corrected chi connectivity index (χ3v) is 7.55. The van der Waals surface area contributed by atoms with Gasteiger partial charge in [-0.15, -0.1) is 10.2 Å². The van der Waals surface area contributed by atoms with Gasteiger partial charge in [-0.3, -0.25) is 14.1 Å². The van der Waals surface area contributed by atoms with Crippen molar-refractivity contribution in [3.05, 3.63) is 99.9 Å². The fraction of sp³-hybridized carbons (Fsp3) is 0.364. The zero-order chi connectivity index (χ0) is 29.1. The minimum atomic E-state index is -0.104. The van der Waals surface area contributed by atoms with Gasteiger partial charge in [-0.25, -0.2) is 4.79 Å². The van der Waals surface area contributed by atoms with Crippen LogP contribution in [-0.2, 0) is 18.4 Å². The Morgan fingerprint density at radius 2 is 1.78 bits per heavy atom. The van der Waals surface area contributed by atoms with Gasteiger partial charge in [0.1, 0.15) is 0 Å². The predicted molar refractivity (Wildman–Crippen MR) is 163 cm³/mol. The van der Waals surface area contributed by atoms with E-state index in [4.69, 9.17) is 0 Å². The Kier molecular flexibility index (Phi) is 8.01. The highest BCUT2D eigenvalue weighted by atomic mass is 16.1. The Balaban J connectivity index is 1.55. The maximum atomic E-state index is 14.2. The molecule has 5 rings (SSSR count). The standard InChI is InChI=1S/C33H39N7O/c1-7-8-11-25-21-40(30-26(22(2)3)12-9-14-28(30)33(4,5)6)32(41)39(25)20-23-15-17-24(18-16-23)29-27(13-10-19-34-29)31-35-37-38-36-31/h9-10,12-19,21-22H,7-8,11,20H2,1-6H3,(H,35,36,37,38). The predicted octanol–water partition coefficient (Wildman–Crippen LogP) is 6.69. The highest BCUT2D eigenvalue weighted by molar-refractivity contribution is 5.76. The first kappa shape index (κ1) is 28.2. The number of H-pyrrole nitrogens is 1. The Labute approximate surface area is 241 Å². The third kappa shape index (κ3) is 5.78. The van der Waals surface area contributed by atoms with Crippen LogP contribution in [0.5, 0.6) is 0 Å². The van der Waals surface area contributed by atoms with Crippen LogP contribution in [0, 0.1) is 0 Å². The molecule has 3 aromatic heterocycles. The van der Waals surface area contributed by atoms with Crippen molar-refractivity contribution >= 4 is 0 Å². The van der Waals surface area contributed by atoms with Gasteiger partial charge < -0.3 is 0 Å². The highest BCUT2D eigenvalue weighted by Gasteiger charge is 2.25. The molecule has 0 saturated heterocycles. The third-order valence-electron chi connectivity index (χ3n) is 7.55. The van der Waals surface area contributed by atoms with Crippen LogP contribution in [0.25, 0.3) is 28.3 Å². The van der Waals surface area contributed by atoms with E-state index in [1.165, 1.54) is 11.1 Å². The highest BCUT2D eigenvalue weighted by Crippen LogP contribution is 2.34. The zero-order valence-electron chi connectivity index (χ0n) is 24.8. The summed E-state index contributed by atoms with van der Waals surface area (Å²) >= 11 is 0. The minimum absolute atomic E-state index is 0.00268. The number of tetrazole rings is 1. The van der Waals surface area contributed by atoms with Crippen molar-refractivity contribution in [3.63, 3.8) is 0 Å². The van der Waals surface area contributed by atoms with Crippen molar-refractivity contribution in [1.29, 1.82) is 0 Å². The molecule has 0 atom stereocenters. The van der Waals surface area contributed by atoms with E-state index in [9.17, 15) is 4.79 Å². The topological polar surface area (TPSA) is 94.3 Å². The van der Waals surface area contributed by atoms with Crippen LogP contribution in [-0.4, -0.2) is 34.7 Å². The summed E-state index contributed by atoms with van der Waals surface area (Å²) < 4.78 is 3.85. The molecule has 0 unspecified atom stereocenters. The van der Waals surface area contributed by atoms with E-state index in [-0.39, 0.29) is 17.0 Å². The van der Waals surface area contributed by atoms with Crippen LogP contribution in [0.4, 0.5) is 0 Å². The summed E-state index contributed by atoms with van der Waals surface area (Å²) in [4.78, 5) is 18.8. The van der Waals surface area contributed by atoms with Gasteiger partial charge in [0, 0.05) is 29.2 Å². The van der Waals surface area contributed by atoms with E-state index < -0.39 is 0 Å². The molecule has 8 nitrogen and oxygen atoms in total. The number of rotatable bonds is 9. The van der Waals surface area contributed by atoms with Gasteiger partial charge in [-0.1, -0.05) is 90.4 Å². The number of aromatic amines is 1. The van der Waals surface area contributed by atoms with Crippen molar-refractivity contribution in [2.24, 2.45) is 0 Å². The number of imidazole rings is 1. The Morgan fingerprint density at radius 3 is 2.44 bits per heavy atom. The summed E-state index contributed by atoms with van der Waals surface area (Å²) in [5.41, 5.74) is 7.95. The van der Waals surface area contributed by atoms with E-state index in [1.807, 2.05) is 33.4 Å². The molecule has 2 aromatic carbocycles. The SMILES string of the molecule is CCCCc1cn(-c2c(C(C)C)cccc2C(C)(C)C)c(=O)n1Cc1ccc(-c2ncccc2-c2nn[nH]n2)cc1. The number of para-hydroxylation sites is 1. The van der Waals surface area contributed by atoms with E-state index in [0.717, 1.165) is 53.0 Å². The number of nitrogens with zero attached hydrogens (tertiary/aromatic N) is 6. The molecular formula is C33H39N7O. The van der Waals surface area contributed by atoms with Crippen LogP contribution in [0.2, 0.25) is 0 Å². The van der Waals surface area contributed by atoms with Crippen LogP contribution in [0.1, 0.15) is 82.7 Å². The van der Waals surface area contributed by atoms with Crippen molar-refractivity contribution in [2.45, 2.75) is 78.7 Å². The first-order valence-corrected chi connectivity index (χ1v) is 14.4. The van der Waals surface area contributed by atoms with Crippen LogP contribution >= 0.6 is 0 Å². The molecular weight excluding hydrogens is 510 g/mol. The molecule has 3 heterocycles. The van der Waals surface area contributed by atoms with Gasteiger partial charge >= 0.3 is 5.69 Å². The molecule has 1 N–H and O–H groups in total. The van der Waals surface area contributed by atoms with E-state index in [1.54, 1.807) is 6.20 Å². The number of aryl methyl sites for hydroxylation is 1. The summed E-state index contributed by atoms with van der Waals surface area (Å²) in [7, 11) is 0. The van der Waals surface area contributed by atoms with Crippen molar-refractivity contribution in [1.82, 2.24) is 34.7 Å². The molecule has 41 heavy (non-hydrogen) atoms. The fourth-order valence-corrected chi connectivity index (χ4v) is 5.36. The van der Waals surface area contributed by atoms with Gasteiger partial charge in [-0.2, -0.15) is 5.21 Å². The number of nitrogens with one attached hydrogen (secondary N) is 1. The Bertz CT molecular complexity index is 1670. The van der Waals surface area contributed by atoms with Crippen LogP contribution in [0.15, 0.2) is 71.8 Å². The lowest BCUT2D eigenvalue weighted by atomic mass is 9.83. The Hall–Kier alpha value is -4.33. The molecule has 0 saturated carbocycles. The lowest BCUT2D eigenvalue weighted by molar-refractivity contribution is 0.582. The molecule has 0 spiro atoms. The summed E-state index contributed by atoms with van der Waals surface area (Å²) in [5.74, 6) is 0.792. The van der Waals surface area contributed by atoms with Gasteiger partial charge in [0.2, 0.25) is 5.82 Å². The minimum Gasteiger partial charge on any atom is -0.292 e. The number of hydrogen-bond donors (Lipinski definition) is 1. The molecule has 5 aromatic rings. The number of pyridine rings is 1. The molecule has 0 aliphatic heterocycles. The summed E-state index contributed by atoms with van der Waals surface area (Å²) in [5, 5.41) is 14.5. The Morgan fingerprint density at radius 1 is 1.00 bits per heavy atom. The van der Waals surface area contributed by atoms with Crippen molar-refractivity contribution in [2.75, 3.05) is 0 Å².